The average Bonchev–Trinajstić information content (AvgIpc) is 3.76. The van der Waals surface area contributed by atoms with Crippen molar-refractivity contribution >= 4 is 11.0 Å². The third-order valence-corrected chi connectivity index (χ3v) is 11.2. The van der Waals surface area contributed by atoms with Gasteiger partial charge in [-0.3, -0.25) is 9.55 Å². The first-order valence-electron chi connectivity index (χ1n) is 20.3. The topological polar surface area (TPSA) is 50.9 Å². The second-order valence-electron chi connectivity index (χ2n) is 14.9. The van der Waals surface area contributed by atoms with E-state index in [1.54, 1.807) is 18.2 Å². The Hall–Kier alpha value is -6.35. The van der Waals surface area contributed by atoms with Crippen LogP contribution >= 0.6 is 0 Å². The van der Waals surface area contributed by atoms with Crippen LogP contribution in [0.1, 0.15) is 34.7 Å². The molecule has 0 saturated heterocycles. The Morgan fingerprint density at radius 1 is 0.632 bits per heavy atom. The summed E-state index contributed by atoms with van der Waals surface area (Å²) < 4.78 is 25.7. The zero-order valence-corrected chi connectivity index (χ0v) is 33.5. The van der Waals surface area contributed by atoms with Crippen molar-refractivity contribution in [2.75, 3.05) is 0 Å². The maximum Gasteiger partial charge on any atom is 0.148 e. The molecule has 7 aromatic carbocycles. The van der Waals surface area contributed by atoms with Crippen molar-refractivity contribution in [3.05, 3.63) is 193 Å². The standard InChI is InChI=1S/C52H38N3O.Pt/c1-33-24-26-34(27-25-33)36-28-29-53-45(32-36)43-31-37(30-42-40-17-7-10-20-44(40)52(2,3)49(42)43)39-19-13-22-47-50(39)54-51(41-18-9-12-23-48(41)56)55(47)46-21-11-8-16-38(46)35-14-5-4-6-15-35;/h4-30,32,56H,1-3H3;/q-1;/i1D3;. The van der Waals surface area contributed by atoms with Gasteiger partial charge >= 0.3 is 0 Å². The molecule has 0 unspecified atom stereocenters. The molecule has 0 amide bonds. The van der Waals surface area contributed by atoms with E-state index in [2.05, 4.69) is 103 Å². The second kappa shape index (κ2) is 14.3. The van der Waals surface area contributed by atoms with Crippen LogP contribution in [0.15, 0.2) is 170 Å². The molecule has 278 valence electrons. The summed E-state index contributed by atoms with van der Waals surface area (Å²) in [6.45, 7) is 2.35. The summed E-state index contributed by atoms with van der Waals surface area (Å²) in [6, 6.07) is 58.1. The van der Waals surface area contributed by atoms with Gasteiger partial charge in [-0.2, -0.15) is 0 Å². The number of para-hydroxylation sites is 3. The first kappa shape index (κ1) is 32.8. The molecule has 57 heavy (non-hydrogen) atoms. The van der Waals surface area contributed by atoms with E-state index in [9.17, 15) is 5.11 Å². The molecule has 5 heteroatoms. The summed E-state index contributed by atoms with van der Waals surface area (Å²) in [4.78, 5) is 10.4. The van der Waals surface area contributed by atoms with E-state index in [1.807, 2.05) is 72.9 Å². The fraction of sp³-hybridized carbons (Fsp3) is 0.0769. The molecule has 2 heterocycles. The van der Waals surface area contributed by atoms with Gasteiger partial charge in [-0.1, -0.05) is 169 Å². The van der Waals surface area contributed by atoms with Crippen LogP contribution in [0.4, 0.5) is 0 Å². The molecule has 0 atom stereocenters. The number of imidazole rings is 1. The Bertz CT molecular complexity index is 3080. The number of hydrogen-bond acceptors (Lipinski definition) is 3. The zero-order chi connectivity index (χ0) is 40.5. The van der Waals surface area contributed by atoms with Crippen molar-refractivity contribution in [1.29, 1.82) is 0 Å². The Balaban J connectivity index is 0.00000462. The van der Waals surface area contributed by atoms with Crippen LogP contribution in [0.2, 0.25) is 0 Å². The van der Waals surface area contributed by atoms with Crippen molar-refractivity contribution in [2.45, 2.75) is 26.1 Å². The van der Waals surface area contributed by atoms with Gasteiger partial charge < -0.3 is 5.11 Å². The number of nitrogens with zero attached hydrogens (tertiary/aromatic N) is 3. The maximum absolute atomic E-state index is 11.3. The monoisotopic (exact) mass is 918 g/mol. The van der Waals surface area contributed by atoms with Crippen LogP contribution in [0.5, 0.6) is 5.75 Å². The van der Waals surface area contributed by atoms with Gasteiger partial charge in [0.25, 0.3) is 0 Å². The van der Waals surface area contributed by atoms with Gasteiger partial charge in [0.2, 0.25) is 0 Å². The molecule has 1 aliphatic carbocycles. The molecular weight excluding hydrogens is 878 g/mol. The van der Waals surface area contributed by atoms with E-state index >= 15 is 0 Å². The van der Waals surface area contributed by atoms with Crippen molar-refractivity contribution in [3.63, 3.8) is 0 Å². The molecule has 0 radical (unpaired) electrons. The zero-order valence-electron chi connectivity index (χ0n) is 34.3. The summed E-state index contributed by atoms with van der Waals surface area (Å²) in [5.74, 6) is 0.771. The maximum atomic E-state index is 11.3. The molecule has 2 aromatic heterocycles. The molecule has 1 N–H and O–H groups in total. The van der Waals surface area contributed by atoms with Crippen LogP contribution < -0.4 is 0 Å². The van der Waals surface area contributed by atoms with Crippen LogP contribution in [-0.4, -0.2) is 19.6 Å². The van der Waals surface area contributed by atoms with Gasteiger partial charge in [0.15, 0.2) is 0 Å². The van der Waals surface area contributed by atoms with Crippen LogP contribution in [-0.2, 0) is 26.5 Å². The molecular formula is C52H38N3OPt-. The van der Waals surface area contributed by atoms with E-state index in [0.29, 0.717) is 17.0 Å². The third kappa shape index (κ3) is 6.04. The Morgan fingerprint density at radius 3 is 2.12 bits per heavy atom. The van der Waals surface area contributed by atoms with Gasteiger partial charge in [-0.15, -0.1) is 17.7 Å². The summed E-state index contributed by atoms with van der Waals surface area (Å²) in [5.41, 5.74) is 15.3. The number of fused-ring (bicyclic) bond motifs is 4. The van der Waals surface area contributed by atoms with Gasteiger partial charge in [0.1, 0.15) is 11.6 Å². The number of aromatic hydroxyl groups is 1. The van der Waals surface area contributed by atoms with Gasteiger partial charge in [0.05, 0.1) is 22.3 Å². The SMILES string of the molecule is [2H]C([2H])([2H])c1ccc(-c2ccnc(-c3[c-]c(-c4cccc5c4nc(-c4ccccc4O)n5-c4ccccc4-c4ccccc4)cc4c3C(C)(C)c3ccccc3-4)c2)cc1.[Pt]. The predicted octanol–water partition coefficient (Wildman–Crippen LogP) is 12.9. The quantitative estimate of drug-likeness (QED) is 0.169. The Morgan fingerprint density at radius 2 is 1.33 bits per heavy atom. The minimum Gasteiger partial charge on any atom is -0.507 e. The van der Waals surface area contributed by atoms with E-state index in [0.717, 1.165) is 72.5 Å². The molecule has 9 aromatic rings. The van der Waals surface area contributed by atoms with Crippen LogP contribution in [0.3, 0.4) is 0 Å². The Kier molecular flexibility index (Phi) is 8.24. The average molecular weight is 919 g/mol. The molecule has 0 spiro atoms. The smallest absolute Gasteiger partial charge is 0.148 e. The number of rotatable bonds is 6. The first-order valence-corrected chi connectivity index (χ1v) is 18.8. The summed E-state index contributed by atoms with van der Waals surface area (Å²) in [5, 5.41) is 11.3. The van der Waals surface area contributed by atoms with Gasteiger partial charge in [-0.25, -0.2) is 4.98 Å². The fourth-order valence-electron chi connectivity index (χ4n) is 8.52. The normalized spacial score (nSPS) is 13.5. The second-order valence-corrected chi connectivity index (χ2v) is 14.9. The summed E-state index contributed by atoms with van der Waals surface area (Å²) in [6.07, 6.45) is 1.81. The molecule has 4 nitrogen and oxygen atoms in total. The van der Waals surface area contributed by atoms with Gasteiger partial charge in [0, 0.05) is 42.6 Å². The number of phenols is 1. The van der Waals surface area contributed by atoms with E-state index < -0.39 is 6.85 Å². The molecule has 1 aliphatic rings. The van der Waals surface area contributed by atoms with Crippen molar-refractivity contribution < 1.29 is 30.3 Å². The van der Waals surface area contributed by atoms with E-state index in [4.69, 9.17) is 14.1 Å². The number of hydrogen-bond donors (Lipinski definition) is 1. The van der Waals surface area contributed by atoms with E-state index in [1.165, 1.54) is 11.1 Å². The molecule has 0 bridgehead atoms. The minimum atomic E-state index is -2.18. The number of pyridine rings is 1. The van der Waals surface area contributed by atoms with Crippen molar-refractivity contribution in [1.82, 2.24) is 14.5 Å². The minimum absolute atomic E-state index is 0. The fourth-order valence-corrected chi connectivity index (χ4v) is 8.52. The van der Waals surface area contributed by atoms with Crippen molar-refractivity contribution in [2.24, 2.45) is 0 Å². The number of aromatic nitrogens is 3. The molecule has 0 saturated carbocycles. The summed E-state index contributed by atoms with van der Waals surface area (Å²) in [7, 11) is 0. The molecule has 0 aliphatic heterocycles. The Labute approximate surface area is 351 Å². The van der Waals surface area contributed by atoms with Crippen molar-refractivity contribution in [3.8, 4) is 78.6 Å². The molecule has 0 fully saturated rings. The molecule has 10 rings (SSSR count). The number of phenolic OH excluding ortho intramolecular Hbond substituents is 1. The number of benzene rings is 7. The van der Waals surface area contributed by atoms with E-state index in [-0.39, 0.29) is 32.2 Å². The summed E-state index contributed by atoms with van der Waals surface area (Å²) >= 11 is 0. The first-order chi connectivity index (χ1) is 28.6. The van der Waals surface area contributed by atoms with Crippen LogP contribution in [0.25, 0.3) is 83.9 Å². The largest absolute Gasteiger partial charge is 0.507 e. The van der Waals surface area contributed by atoms with Crippen LogP contribution in [0, 0.1) is 12.9 Å². The predicted molar refractivity (Wildman–Crippen MR) is 229 cm³/mol. The third-order valence-electron chi connectivity index (χ3n) is 11.2. The van der Waals surface area contributed by atoms with Gasteiger partial charge in [-0.05, 0) is 70.4 Å². The number of aryl methyl sites for hydroxylation is 1.